The Kier molecular flexibility index (Phi) is 6.52. The zero-order chi connectivity index (χ0) is 18.4. The number of hydrogen-bond acceptors (Lipinski definition) is 5. The number of rotatable bonds is 7. The van der Waals surface area contributed by atoms with E-state index >= 15 is 0 Å². The first-order valence-corrected chi connectivity index (χ1v) is 8.24. The number of ether oxygens (including phenoxy) is 4. The molecule has 0 aliphatic heterocycles. The molecule has 134 valence electrons. The molecule has 0 saturated heterocycles. The van der Waals surface area contributed by atoms with Gasteiger partial charge in [0.2, 0.25) is 5.91 Å². The zero-order valence-electron chi connectivity index (χ0n) is 14.5. The average molecular weight is 410 g/mol. The number of methoxy groups -OCH3 is 4. The highest BCUT2D eigenvalue weighted by Crippen LogP contribution is 2.34. The first-order chi connectivity index (χ1) is 12.0. The highest BCUT2D eigenvalue weighted by molar-refractivity contribution is 9.10. The number of anilines is 1. The Morgan fingerprint density at radius 3 is 2.16 bits per heavy atom. The molecular weight excluding hydrogens is 390 g/mol. The molecule has 6 nitrogen and oxygen atoms in total. The molecule has 7 heteroatoms. The standard InChI is InChI=1S/C18H20BrNO5/c1-22-12-5-6-14(15(9-12)23-2)20-18(21)8-11-7-16(24-3)17(25-4)10-13(11)19/h5-7,9-10H,8H2,1-4H3,(H,20,21). The molecule has 0 aromatic heterocycles. The fourth-order valence-electron chi connectivity index (χ4n) is 2.30. The number of nitrogens with one attached hydrogen (secondary N) is 1. The summed E-state index contributed by atoms with van der Waals surface area (Å²) in [5.74, 6) is 2.15. The lowest BCUT2D eigenvalue weighted by Crippen LogP contribution is -2.15. The van der Waals surface area contributed by atoms with Crippen molar-refractivity contribution >= 4 is 27.5 Å². The third-order valence-corrected chi connectivity index (χ3v) is 4.32. The van der Waals surface area contributed by atoms with Crippen molar-refractivity contribution in [3.63, 3.8) is 0 Å². The van der Waals surface area contributed by atoms with Crippen molar-refractivity contribution in [2.24, 2.45) is 0 Å². The number of halogens is 1. The zero-order valence-corrected chi connectivity index (χ0v) is 16.1. The smallest absolute Gasteiger partial charge is 0.228 e. The lowest BCUT2D eigenvalue weighted by molar-refractivity contribution is -0.115. The van der Waals surface area contributed by atoms with Gasteiger partial charge < -0.3 is 24.3 Å². The van der Waals surface area contributed by atoms with Crippen LogP contribution < -0.4 is 24.3 Å². The van der Waals surface area contributed by atoms with Gasteiger partial charge >= 0.3 is 0 Å². The van der Waals surface area contributed by atoms with Crippen molar-refractivity contribution in [3.05, 3.63) is 40.4 Å². The summed E-state index contributed by atoms with van der Waals surface area (Å²) in [6.45, 7) is 0. The van der Waals surface area contributed by atoms with Gasteiger partial charge in [-0.05, 0) is 29.8 Å². The van der Waals surface area contributed by atoms with Gasteiger partial charge in [0.05, 0.1) is 40.5 Å². The number of hydrogen-bond donors (Lipinski definition) is 1. The Labute approximate surface area is 155 Å². The van der Waals surface area contributed by atoms with Gasteiger partial charge in [-0.15, -0.1) is 0 Å². The quantitative estimate of drug-likeness (QED) is 0.755. The van der Waals surface area contributed by atoms with Gasteiger partial charge in [0, 0.05) is 10.5 Å². The van der Waals surface area contributed by atoms with Crippen molar-refractivity contribution in [3.8, 4) is 23.0 Å². The first kappa shape index (κ1) is 18.9. The summed E-state index contributed by atoms with van der Waals surface area (Å²) >= 11 is 3.46. The van der Waals surface area contributed by atoms with Crippen LogP contribution in [0.1, 0.15) is 5.56 Å². The summed E-state index contributed by atoms with van der Waals surface area (Å²) < 4.78 is 21.7. The molecule has 2 rings (SSSR count). The van der Waals surface area contributed by atoms with Gasteiger partial charge in [0.15, 0.2) is 11.5 Å². The van der Waals surface area contributed by atoms with E-state index in [9.17, 15) is 4.79 Å². The van der Waals surface area contributed by atoms with Crippen LogP contribution in [0.5, 0.6) is 23.0 Å². The molecule has 0 bridgehead atoms. The molecule has 0 heterocycles. The van der Waals surface area contributed by atoms with E-state index in [-0.39, 0.29) is 12.3 Å². The van der Waals surface area contributed by atoms with Gasteiger partial charge in [-0.3, -0.25) is 4.79 Å². The molecule has 1 amide bonds. The summed E-state index contributed by atoms with van der Waals surface area (Å²) in [6, 6.07) is 8.74. The molecule has 1 N–H and O–H groups in total. The minimum atomic E-state index is -0.184. The fraction of sp³-hybridized carbons (Fsp3) is 0.278. The van der Waals surface area contributed by atoms with E-state index < -0.39 is 0 Å². The van der Waals surface area contributed by atoms with E-state index in [1.165, 1.54) is 7.11 Å². The second kappa shape index (κ2) is 8.62. The molecule has 0 unspecified atom stereocenters. The van der Waals surface area contributed by atoms with E-state index in [2.05, 4.69) is 21.2 Å². The highest BCUT2D eigenvalue weighted by atomic mass is 79.9. The number of carbonyl (C=O) groups is 1. The highest BCUT2D eigenvalue weighted by Gasteiger charge is 2.14. The average Bonchev–Trinajstić information content (AvgIpc) is 2.63. The minimum absolute atomic E-state index is 0.163. The molecule has 0 aliphatic rings. The summed E-state index contributed by atoms with van der Waals surface area (Å²) in [6.07, 6.45) is 0.163. The van der Waals surface area contributed by atoms with Crippen LogP contribution in [0.2, 0.25) is 0 Å². The molecule has 0 spiro atoms. The maximum atomic E-state index is 12.4. The topological polar surface area (TPSA) is 66.0 Å². The van der Waals surface area contributed by atoms with E-state index in [0.29, 0.717) is 28.7 Å². The Hall–Kier alpha value is -2.41. The predicted octanol–water partition coefficient (Wildman–Crippen LogP) is 3.66. The molecule has 25 heavy (non-hydrogen) atoms. The lowest BCUT2D eigenvalue weighted by atomic mass is 10.1. The Balaban J connectivity index is 2.18. The molecule has 0 atom stereocenters. The van der Waals surface area contributed by atoms with Gasteiger partial charge in [-0.2, -0.15) is 0 Å². The van der Waals surface area contributed by atoms with Crippen molar-refractivity contribution in [1.82, 2.24) is 0 Å². The van der Waals surface area contributed by atoms with E-state index in [4.69, 9.17) is 18.9 Å². The lowest BCUT2D eigenvalue weighted by Gasteiger charge is -2.13. The Bertz CT molecular complexity index is 763. The summed E-state index contributed by atoms with van der Waals surface area (Å²) in [4.78, 5) is 12.4. The second-order valence-electron chi connectivity index (χ2n) is 5.09. The van der Waals surface area contributed by atoms with E-state index in [1.54, 1.807) is 51.7 Å². The fourth-order valence-corrected chi connectivity index (χ4v) is 2.76. The third kappa shape index (κ3) is 4.57. The minimum Gasteiger partial charge on any atom is -0.497 e. The number of amides is 1. The van der Waals surface area contributed by atoms with Crippen LogP contribution in [-0.2, 0) is 11.2 Å². The molecular formula is C18H20BrNO5. The maximum absolute atomic E-state index is 12.4. The van der Waals surface area contributed by atoms with Gasteiger partial charge in [0.25, 0.3) is 0 Å². The number of benzene rings is 2. The van der Waals surface area contributed by atoms with Crippen LogP contribution >= 0.6 is 15.9 Å². The SMILES string of the molecule is COc1ccc(NC(=O)Cc2cc(OC)c(OC)cc2Br)c(OC)c1. The first-order valence-electron chi connectivity index (χ1n) is 7.44. The van der Waals surface area contributed by atoms with E-state index in [1.807, 2.05) is 0 Å². The van der Waals surface area contributed by atoms with Crippen LogP contribution in [0.15, 0.2) is 34.8 Å². The molecule has 2 aromatic rings. The molecule has 0 radical (unpaired) electrons. The van der Waals surface area contributed by atoms with Crippen LogP contribution in [0.3, 0.4) is 0 Å². The summed E-state index contributed by atoms with van der Waals surface area (Å²) in [5.41, 5.74) is 1.35. The summed E-state index contributed by atoms with van der Waals surface area (Å²) in [7, 11) is 6.22. The van der Waals surface area contributed by atoms with Crippen LogP contribution in [0, 0.1) is 0 Å². The summed E-state index contributed by atoms with van der Waals surface area (Å²) in [5, 5.41) is 2.84. The Morgan fingerprint density at radius 2 is 1.56 bits per heavy atom. The van der Waals surface area contributed by atoms with Crippen LogP contribution in [-0.4, -0.2) is 34.3 Å². The molecule has 0 fully saturated rings. The molecule has 0 saturated carbocycles. The van der Waals surface area contributed by atoms with Gasteiger partial charge in [-0.1, -0.05) is 15.9 Å². The van der Waals surface area contributed by atoms with Crippen LogP contribution in [0.4, 0.5) is 5.69 Å². The predicted molar refractivity (Wildman–Crippen MR) is 99.1 cm³/mol. The largest absolute Gasteiger partial charge is 0.497 e. The maximum Gasteiger partial charge on any atom is 0.228 e. The molecule has 2 aromatic carbocycles. The molecule has 0 aliphatic carbocycles. The van der Waals surface area contributed by atoms with Crippen molar-refractivity contribution in [2.75, 3.05) is 33.8 Å². The number of carbonyl (C=O) groups excluding carboxylic acids is 1. The van der Waals surface area contributed by atoms with Gasteiger partial charge in [0.1, 0.15) is 11.5 Å². The second-order valence-corrected chi connectivity index (χ2v) is 5.94. The van der Waals surface area contributed by atoms with E-state index in [0.717, 1.165) is 10.0 Å². The van der Waals surface area contributed by atoms with Crippen molar-refractivity contribution in [2.45, 2.75) is 6.42 Å². The third-order valence-electron chi connectivity index (χ3n) is 3.59. The Morgan fingerprint density at radius 1 is 0.920 bits per heavy atom. The van der Waals surface area contributed by atoms with Crippen molar-refractivity contribution < 1.29 is 23.7 Å². The van der Waals surface area contributed by atoms with Crippen LogP contribution in [0.25, 0.3) is 0 Å². The monoisotopic (exact) mass is 409 g/mol. The normalized spacial score (nSPS) is 10.1. The van der Waals surface area contributed by atoms with Crippen molar-refractivity contribution in [1.29, 1.82) is 0 Å². The van der Waals surface area contributed by atoms with Gasteiger partial charge in [-0.25, -0.2) is 0 Å².